The Morgan fingerprint density at radius 3 is 2.38 bits per heavy atom. The molecule has 1 saturated carbocycles. The molecule has 1 aromatic carbocycles. The number of carbonyl (C=O) groups excluding carboxylic acids is 1. The van der Waals surface area contributed by atoms with Crippen LogP contribution in [0.3, 0.4) is 0 Å². The van der Waals surface area contributed by atoms with Gasteiger partial charge in [-0.05, 0) is 57.2 Å². The highest BCUT2D eigenvalue weighted by atomic mass is 16.5. The van der Waals surface area contributed by atoms with Gasteiger partial charge in [-0.2, -0.15) is 0 Å². The van der Waals surface area contributed by atoms with Crippen molar-refractivity contribution in [2.75, 3.05) is 0 Å². The molecular formula is C19H27NO4. The van der Waals surface area contributed by atoms with E-state index in [1.54, 1.807) is 13.8 Å². The van der Waals surface area contributed by atoms with Crippen molar-refractivity contribution in [2.24, 2.45) is 5.41 Å². The van der Waals surface area contributed by atoms with Crippen LogP contribution in [0, 0.1) is 5.41 Å². The molecule has 0 unspecified atom stereocenters. The molecule has 1 aromatic rings. The summed E-state index contributed by atoms with van der Waals surface area (Å²) in [6.45, 7) is 3.48. The van der Waals surface area contributed by atoms with Crippen molar-refractivity contribution < 1.29 is 19.4 Å². The van der Waals surface area contributed by atoms with Gasteiger partial charge >= 0.3 is 5.97 Å². The minimum absolute atomic E-state index is 0.0365. The molecule has 5 nitrogen and oxygen atoms in total. The molecule has 5 heteroatoms. The largest absolute Gasteiger partial charge is 0.490 e. The van der Waals surface area contributed by atoms with Crippen LogP contribution in [-0.4, -0.2) is 23.1 Å². The highest BCUT2D eigenvalue weighted by Crippen LogP contribution is 2.24. The average Bonchev–Trinajstić information content (AvgIpc) is 2.54. The second-order valence-corrected chi connectivity index (χ2v) is 7.16. The van der Waals surface area contributed by atoms with E-state index < -0.39 is 11.4 Å². The van der Waals surface area contributed by atoms with Gasteiger partial charge in [-0.3, -0.25) is 9.59 Å². The molecule has 2 N–H and O–H groups in total. The Balaban J connectivity index is 1.79. The molecule has 1 amide bonds. The van der Waals surface area contributed by atoms with Gasteiger partial charge in [0.05, 0.1) is 11.5 Å². The fraction of sp³-hybridized carbons (Fsp3) is 0.579. The Morgan fingerprint density at radius 2 is 1.79 bits per heavy atom. The number of ether oxygens (including phenoxy) is 1. The molecule has 24 heavy (non-hydrogen) atoms. The van der Waals surface area contributed by atoms with Crippen LogP contribution in [0.1, 0.15) is 57.9 Å². The number of benzene rings is 1. The summed E-state index contributed by atoms with van der Waals surface area (Å²) in [5, 5.41) is 11.8. The zero-order valence-corrected chi connectivity index (χ0v) is 14.5. The molecule has 0 aromatic heterocycles. The van der Waals surface area contributed by atoms with Crippen molar-refractivity contribution in [1.29, 1.82) is 0 Å². The van der Waals surface area contributed by atoms with Gasteiger partial charge in [0.25, 0.3) is 0 Å². The quantitative estimate of drug-likeness (QED) is 0.800. The first-order valence-corrected chi connectivity index (χ1v) is 8.62. The minimum atomic E-state index is -1.05. The van der Waals surface area contributed by atoms with E-state index in [9.17, 15) is 9.59 Å². The van der Waals surface area contributed by atoms with Crippen LogP contribution < -0.4 is 10.1 Å². The van der Waals surface area contributed by atoms with E-state index in [2.05, 4.69) is 5.32 Å². The van der Waals surface area contributed by atoms with E-state index in [4.69, 9.17) is 9.84 Å². The van der Waals surface area contributed by atoms with Crippen molar-refractivity contribution in [3.8, 4) is 5.75 Å². The number of carboxylic acid groups (broad SMARTS) is 1. The summed E-state index contributed by atoms with van der Waals surface area (Å²) in [5.41, 5.74) is -0.0885. The lowest BCUT2D eigenvalue weighted by Gasteiger charge is -2.23. The maximum Gasteiger partial charge on any atom is 0.309 e. The first kappa shape index (κ1) is 18.3. The Morgan fingerprint density at radius 1 is 1.17 bits per heavy atom. The Kier molecular flexibility index (Phi) is 6.23. The van der Waals surface area contributed by atoms with Gasteiger partial charge in [-0.25, -0.2) is 0 Å². The highest BCUT2D eigenvalue weighted by molar-refractivity contribution is 5.84. The number of amides is 1. The standard InChI is InChI=1S/C19H27NO4/c1-19(2,18(22)23)12-17(21)20-13-14-8-10-16(11-9-14)24-15-6-4-3-5-7-15/h8-11,15H,3-7,12-13H2,1-2H3,(H,20,21)(H,22,23). The van der Waals surface area contributed by atoms with E-state index in [1.807, 2.05) is 24.3 Å². The van der Waals surface area contributed by atoms with Gasteiger partial charge in [0.15, 0.2) is 0 Å². The lowest BCUT2D eigenvalue weighted by Crippen LogP contribution is -2.33. The zero-order valence-electron chi connectivity index (χ0n) is 14.5. The minimum Gasteiger partial charge on any atom is -0.490 e. The van der Waals surface area contributed by atoms with Crippen molar-refractivity contribution in [1.82, 2.24) is 5.32 Å². The lowest BCUT2D eigenvalue weighted by atomic mass is 9.89. The third-order valence-electron chi connectivity index (χ3n) is 4.45. The molecule has 0 heterocycles. The van der Waals surface area contributed by atoms with E-state index in [0.717, 1.165) is 24.2 Å². The van der Waals surface area contributed by atoms with Gasteiger partial charge in [-0.15, -0.1) is 0 Å². The number of hydrogen-bond acceptors (Lipinski definition) is 3. The van der Waals surface area contributed by atoms with Crippen LogP contribution in [0.4, 0.5) is 0 Å². The predicted octanol–water partition coefficient (Wildman–Crippen LogP) is 3.52. The fourth-order valence-corrected chi connectivity index (χ4v) is 2.80. The normalized spacial score (nSPS) is 15.8. The smallest absolute Gasteiger partial charge is 0.309 e. The summed E-state index contributed by atoms with van der Waals surface area (Å²) >= 11 is 0. The molecule has 1 aliphatic rings. The molecule has 2 rings (SSSR count). The molecular weight excluding hydrogens is 306 g/mol. The number of rotatable bonds is 7. The molecule has 0 atom stereocenters. The van der Waals surface area contributed by atoms with E-state index in [0.29, 0.717) is 12.6 Å². The summed E-state index contributed by atoms with van der Waals surface area (Å²) in [5.74, 6) is -0.365. The van der Waals surface area contributed by atoms with Crippen molar-refractivity contribution in [2.45, 2.75) is 65.0 Å². The number of aliphatic carboxylic acids is 1. The average molecular weight is 333 g/mol. The Labute approximate surface area is 143 Å². The van der Waals surface area contributed by atoms with E-state index >= 15 is 0 Å². The van der Waals surface area contributed by atoms with Crippen molar-refractivity contribution in [3.63, 3.8) is 0 Å². The van der Waals surface area contributed by atoms with Crippen molar-refractivity contribution >= 4 is 11.9 Å². The van der Waals surface area contributed by atoms with Crippen LogP contribution in [0.2, 0.25) is 0 Å². The predicted molar refractivity (Wildman–Crippen MR) is 91.8 cm³/mol. The molecule has 0 bridgehead atoms. The molecule has 0 radical (unpaired) electrons. The monoisotopic (exact) mass is 333 g/mol. The number of carbonyl (C=O) groups is 2. The van der Waals surface area contributed by atoms with E-state index in [-0.39, 0.29) is 12.3 Å². The molecule has 132 valence electrons. The molecule has 1 fully saturated rings. The van der Waals surface area contributed by atoms with Gasteiger partial charge in [0.2, 0.25) is 5.91 Å². The third-order valence-corrected chi connectivity index (χ3v) is 4.45. The molecule has 0 aliphatic heterocycles. The van der Waals surface area contributed by atoms with E-state index in [1.165, 1.54) is 19.3 Å². The van der Waals surface area contributed by atoms with Crippen LogP contribution in [0.5, 0.6) is 5.75 Å². The van der Waals surface area contributed by atoms with Crippen LogP contribution >= 0.6 is 0 Å². The van der Waals surface area contributed by atoms with Gasteiger partial charge < -0.3 is 15.2 Å². The SMILES string of the molecule is CC(C)(CC(=O)NCc1ccc(OC2CCCCC2)cc1)C(=O)O. The maximum absolute atomic E-state index is 11.9. The van der Waals surface area contributed by atoms with Crippen LogP contribution in [0.25, 0.3) is 0 Å². The highest BCUT2D eigenvalue weighted by Gasteiger charge is 2.29. The second kappa shape index (κ2) is 8.18. The first-order chi connectivity index (χ1) is 11.4. The Bertz CT molecular complexity index is 559. The molecule has 0 saturated heterocycles. The number of hydrogen-bond donors (Lipinski definition) is 2. The van der Waals surface area contributed by atoms with Crippen molar-refractivity contribution in [3.05, 3.63) is 29.8 Å². The maximum atomic E-state index is 11.9. The fourth-order valence-electron chi connectivity index (χ4n) is 2.80. The van der Waals surface area contributed by atoms with Gasteiger partial charge in [-0.1, -0.05) is 18.6 Å². The lowest BCUT2D eigenvalue weighted by molar-refractivity contribution is -0.149. The zero-order chi connectivity index (χ0) is 17.6. The summed E-state index contributed by atoms with van der Waals surface area (Å²) < 4.78 is 5.98. The summed E-state index contributed by atoms with van der Waals surface area (Å²) in [6, 6.07) is 7.72. The summed E-state index contributed by atoms with van der Waals surface area (Å²) in [6.07, 6.45) is 6.31. The Hall–Kier alpha value is -2.04. The molecule has 0 spiro atoms. The summed E-state index contributed by atoms with van der Waals surface area (Å²) in [4.78, 5) is 22.9. The topological polar surface area (TPSA) is 75.6 Å². The first-order valence-electron chi connectivity index (χ1n) is 8.62. The number of carboxylic acids is 1. The second-order valence-electron chi connectivity index (χ2n) is 7.16. The van der Waals surface area contributed by atoms with Crippen LogP contribution in [0.15, 0.2) is 24.3 Å². The number of nitrogens with one attached hydrogen (secondary N) is 1. The molecule has 1 aliphatic carbocycles. The van der Waals surface area contributed by atoms with Gasteiger partial charge in [0.1, 0.15) is 5.75 Å². The summed E-state index contributed by atoms with van der Waals surface area (Å²) in [7, 11) is 0. The van der Waals surface area contributed by atoms with Gasteiger partial charge in [0, 0.05) is 13.0 Å². The van der Waals surface area contributed by atoms with Crippen LogP contribution in [-0.2, 0) is 16.1 Å². The third kappa shape index (κ3) is 5.55.